The Balaban J connectivity index is 2.10. The number of carboxylic acids is 1. The third kappa shape index (κ3) is 2.98. The number of hydrogen-bond donors (Lipinski definition) is 1. The van der Waals surface area contributed by atoms with Crippen molar-refractivity contribution >= 4 is 11.7 Å². The lowest BCUT2D eigenvalue weighted by atomic mass is 10.1. The fourth-order valence-corrected chi connectivity index (χ4v) is 1.86. The molecule has 1 aromatic heterocycles. The van der Waals surface area contributed by atoms with Crippen LogP contribution in [0.15, 0.2) is 42.7 Å². The van der Waals surface area contributed by atoms with Crippen molar-refractivity contribution in [3.05, 3.63) is 64.0 Å². The lowest BCUT2D eigenvalue weighted by Crippen LogP contribution is -2.02. The van der Waals surface area contributed by atoms with Gasteiger partial charge in [0.05, 0.1) is 10.5 Å². The van der Waals surface area contributed by atoms with Crippen molar-refractivity contribution in [1.82, 2.24) is 4.57 Å². The summed E-state index contributed by atoms with van der Waals surface area (Å²) in [4.78, 5) is 21.2. The van der Waals surface area contributed by atoms with Crippen LogP contribution in [0, 0.1) is 10.1 Å². The van der Waals surface area contributed by atoms with Crippen molar-refractivity contribution in [3.8, 4) is 0 Å². The fourth-order valence-electron chi connectivity index (χ4n) is 1.86. The van der Waals surface area contributed by atoms with Crippen LogP contribution in [0.3, 0.4) is 0 Å². The molecule has 0 saturated heterocycles. The Kier molecular flexibility index (Phi) is 3.61. The summed E-state index contributed by atoms with van der Waals surface area (Å²) in [7, 11) is 0. The van der Waals surface area contributed by atoms with Gasteiger partial charge in [0.2, 0.25) is 0 Å². The van der Waals surface area contributed by atoms with Crippen molar-refractivity contribution < 1.29 is 14.8 Å². The topological polar surface area (TPSA) is 85.4 Å². The molecule has 1 N–H and O–H groups in total. The Bertz CT molecular complexity index is 619. The number of rotatable bonds is 5. The number of para-hydroxylation sites is 1. The maximum Gasteiger partial charge on any atom is 0.337 e. The number of aryl methyl sites for hydroxylation is 2. The number of aromatic nitrogens is 1. The molecule has 6 heteroatoms. The molecular weight excluding hydrogens is 248 g/mol. The van der Waals surface area contributed by atoms with Gasteiger partial charge in [0.15, 0.2) is 0 Å². The van der Waals surface area contributed by atoms with Gasteiger partial charge in [-0.1, -0.05) is 18.2 Å². The van der Waals surface area contributed by atoms with Gasteiger partial charge in [0, 0.05) is 30.6 Å². The molecule has 0 aliphatic carbocycles. The Morgan fingerprint density at radius 2 is 2.05 bits per heavy atom. The van der Waals surface area contributed by atoms with E-state index in [2.05, 4.69) is 0 Å². The van der Waals surface area contributed by atoms with Gasteiger partial charge in [-0.05, 0) is 12.5 Å². The van der Waals surface area contributed by atoms with Crippen LogP contribution in [0.2, 0.25) is 0 Å². The summed E-state index contributed by atoms with van der Waals surface area (Å²) in [5.41, 5.74) is 0.939. The summed E-state index contributed by atoms with van der Waals surface area (Å²) in [6.07, 6.45) is 3.64. The van der Waals surface area contributed by atoms with E-state index < -0.39 is 10.9 Å². The second-order valence-electron chi connectivity index (χ2n) is 4.08. The average molecular weight is 260 g/mol. The predicted octanol–water partition coefficient (Wildman–Crippen LogP) is 2.34. The molecule has 0 saturated carbocycles. The molecule has 0 atom stereocenters. The Labute approximate surface area is 109 Å². The molecule has 0 spiro atoms. The minimum Gasteiger partial charge on any atom is -0.478 e. The number of benzene rings is 1. The highest BCUT2D eigenvalue weighted by molar-refractivity contribution is 5.87. The minimum absolute atomic E-state index is 0.0908. The second-order valence-corrected chi connectivity index (χ2v) is 4.08. The molecule has 2 rings (SSSR count). The summed E-state index contributed by atoms with van der Waals surface area (Å²) in [5.74, 6) is -0.982. The van der Waals surface area contributed by atoms with Gasteiger partial charge in [0.25, 0.3) is 5.69 Å². The Morgan fingerprint density at radius 3 is 2.68 bits per heavy atom. The number of nitro benzene ring substituents is 1. The summed E-state index contributed by atoms with van der Waals surface area (Å²) in [6.45, 7) is 0.498. The number of carbonyl (C=O) groups is 1. The quantitative estimate of drug-likeness (QED) is 0.660. The Morgan fingerprint density at radius 1 is 1.32 bits per heavy atom. The monoisotopic (exact) mass is 260 g/mol. The highest BCUT2D eigenvalue weighted by Gasteiger charge is 2.12. The highest BCUT2D eigenvalue weighted by Crippen LogP contribution is 2.18. The summed E-state index contributed by atoms with van der Waals surface area (Å²) in [6, 6.07) is 8.05. The van der Waals surface area contributed by atoms with Crippen LogP contribution >= 0.6 is 0 Å². The van der Waals surface area contributed by atoms with E-state index in [0.717, 1.165) is 0 Å². The molecule has 6 nitrogen and oxygen atoms in total. The standard InChI is InChI=1S/C13H12N2O4/c16-13(17)11-6-8-14(9-11)7-5-10-3-1-2-4-12(10)15(18)19/h1-4,6,8-9H,5,7H2,(H,16,17). The van der Waals surface area contributed by atoms with Gasteiger partial charge in [0.1, 0.15) is 0 Å². The van der Waals surface area contributed by atoms with E-state index in [4.69, 9.17) is 5.11 Å². The van der Waals surface area contributed by atoms with E-state index in [1.807, 2.05) is 0 Å². The number of aromatic carboxylic acids is 1. The molecular formula is C13H12N2O4. The molecule has 0 radical (unpaired) electrons. The lowest BCUT2D eigenvalue weighted by Gasteiger charge is -2.04. The molecule has 0 aliphatic heterocycles. The van der Waals surface area contributed by atoms with Crippen LogP contribution in [0.25, 0.3) is 0 Å². The molecule has 1 heterocycles. The first-order valence-electron chi connectivity index (χ1n) is 5.69. The molecule has 1 aromatic carbocycles. The smallest absolute Gasteiger partial charge is 0.337 e. The molecule has 0 bridgehead atoms. The van der Waals surface area contributed by atoms with Crippen LogP contribution in [0.4, 0.5) is 5.69 Å². The lowest BCUT2D eigenvalue weighted by molar-refractivity contribution is -0.385. The second kappa shape index (κ2) is 5.34. The molecule has 0 unspecified atom stereocenters. The van der Waals surface area contributed by atoms with E-state index in [1.54, 1.807) is 29.0 Å². The van der Waals surface area contributed by atoms with Gasteiger partial charge >= 0.3 is 5.97 Å². The zero-order chi connectivity index (χ0) is 13.8. The molecule has 0 aliphatic rings. The van der Waals surface area contributed by atoms with Gasteiger partial charge in [-0.15, -0.1) is 0 Å². The highest BCUT2D eigenvalue weighted by atomic mass is 16.6. The summed E-state index contributed by atoms with van der Waals surface area (Å²) in [5, 5.41) is 19.6. The number of nitro groups is 1. The third-order valence-electron chi connectivity index (χ3n) is 2.83. The maximum absolute atomic E-state index is 10.8. The Hall–Kier alpha value is -2.63. The van der Waals surface area contributed by atoms with Crippen molar-refractivity contribution in [2.24, 2.45) is 0 Å². The average Bonchev–Trinajstić information content (AvgIpc) is 2.85. The normalized spacial score (nSPS) is 10.3. The van der Waals surface area contributed by atoms with Crippen molar-refractivity contribution in [3.63, 3.8) is 0 Å². The number of carboxylic acid groups (broad SMARTS) is 1. The first-order chi connectivity index (χ1) is 9.08. The zero-order valence-electron chi connectivity index (χ0n) is 10.0. The van der Waals surface area contributed by atoms with E-state index >= 15 is 0 Å². The van der Waals surface area contributed by atoms with Crippen LogP contribution < -0.4 is 0 Å². The number of nitrogens with zero attached hydrogens (tertiary/aromatic N) is 2. The van der Waals surface area contributed by atoms with Crippen LogP contribution in [0.5, 0.6) is 0 Å². The zero-order valence-corrected chi connectivity index (χ0v) is 10.0. The fraction of sp³-hybridized carbons (Fsp3) is 0.154. The van der Waals surface area contributed by atoms with Gasteiger partial charge in [-0.25, -0.2) is 4.79 Å². The van der Waals surface area contributed by atoms with Crippen LogP contribution in [-0.4, -0.2) is 20.6 Å². The van der Waals surface area contributed by atoms with Gasteiger partial charge < -0.3 is 9.67 Å². The maximum atomic E-state index is 10.8. The van der Waals surface area contributed by atoms with Gasteiger partial charge in [-0.2, -0.15) is 0 Å². The van der Waals surface area contributed by atoms with Crippen LogP contribution in [0.1, 0.15) is 15.9 Å². The predicted molar refractivity (Wildman–Crippen MR) is 68.2 cm³/mol. The first-order valence-corrected chi connectivity index (χ1v) is 5.69. The molecule has 0 fully saturated rings. The molecule has 19 heavy (non-hydrogen) atoms. The van der Waals surface area contributed by atoms with E-state index in [-0.39, 0.29) is 11.3 Å². The van der Waals surface area contributed by atoms with E-state index in [0.29, 0.717) is 18.5 Å². The molecule has 2 aromatic rings. The van der Waals surface area contributed by atoms with E-state index in [1.165, 1.54) is 18.3 Å². The van der Waals surface area contributed by atoms with Crippen molar-refractivity contribution in [2.45, 2.75) is 13.0 Å². The first kappa shape index (κ1) is 12.8. The number of hydrogen-bond acceptors (Lipinski definition) is 3. The molecule has 98 valence electrons. The summed E-state index contributed by atoms with van der Waals surface area (Å²) >= 11 is 0. The minimum atomic E-state index is -0.982. The SMILES string of the molecule is O=C(O)c1ccn(CCc2ccccc2[N+](=O)[O-])c1. The molecule has 0 amide bonds. The van der Waals surface area contributed by atoms with Crippen LogP contribution in [-0.2, 0) is 13.0 Å². The van der Waals surface area contributed by atoms with Crippen molar-refractivity contribution in [1.29, 1.82) is 0 Å². The van der Waals surface area contributed by atoms with Crippen molar-refractivity contribution in [2.75, 3.05) is 0 Å². The van der Waals surface area contributed by atoms with Gasteiger partial charge in [-0.3, -0.25) is 10.1 Å². The summed E-state index contributed by atoms with van der Waals surface area (Å²) < 4.78 is 1.71. The largest absolute Gasteiger partial charge is 0.478 e. The van der Waals surface area contributed by atoms with E-state index in [9.17, 15) is 14.9 Å². The third-order valence-corrected chi connectivity index (χ3v) is 2.83.